The molecule has 4 saturated carbocycles. The summed E-state index contributed by atoms with van der Waals surface area (Å²) in [6.45, 7) is 7.22. The van der Waals surface area contributed by atoms with Crippen LogP contribution >= 0.6 is 0 Å². The number of carbonyl (C=O) groups excluding carboxylic acids is 3. The van der Waals surface area contributed by atoms with E-state index in [1.165, 1.54) is 6.42 Å². The van der Waals surface area contributed by atoms with Crippen molar-refractivity contribution in [1.82, 2.24) is 10.8 Å². The van der Waals surface area contributed by atoms with Gasteiger partial charge < -0.3 is 15.5 Å². The number of hydroxylamine groups is 1. The zero-order valence-corrected chi connectivity index (χ0v) is 26.2. The zero-order chi connectivity index (χ0) is 30.9. The molecule has 8 nitrogen and oxygen atoms in total. The lowest BCUT2D eigenvalue weighted by Gasteiger charge is -2.62. The van der Waals surface area contributed by atoms with Gasteiger partial charge in [0, 0.05) is 18.4 Å². The molecule has 0 radical (unpaired) electrons. The highest BCUT2D eigenvalue weighted by atomic mass is 16.5. The van der Waals surface area contributed by atoms with Gasteiger partial charge in [-0.05, 0) is 128 Å². The molecule has 0 spiro atoms. The van der Waals surface area contributed by atoms with Crippen molar-refractivity contribution >= 4 is 17.6 Å². The number of benzene rings is 1. The molecule has 0 aliphatic heterocycles. The number of aryl methyl sites for hydroxylation is 1. The van der Waals surface area contributed by atoms with Crippen molar-refractivity contribution in [1.29, 1.82) is 0 Å². The standard InChI is InChI=1S/C35H52N2O6/c1-21(4-13-31(41)36-20-26(39)10-7-22-5-8-23(9-6-22)33(42)37-43)27-11-12-28-32-29(15-17-35(27,28)3)34(2)16-14-25(38)18-24(34)19-30(32)40/h5-6,8-9,21,24-25,27-30,32,38,40,43H,4,7,10-20H2,1-3H3,(H,36,41)(H,37,42)/t21-,24+,25-,27-,28+,29+,30+,32+,34+,35-/m1/s1. The number of Topliss-reactive ketones (excluding diaryl/α,β-unsaturated/α-hetero) is 1. The Hall–Kier alpha value is -2.29. The highest BCUT2D eigenvalue weighted by Crippen LogP contribution is 2.68. The maximum Gasteiger partial charge on any atom is 0.274 e. The summed E-state index contributed by atoms with van der Waals surface area (Å²) in [6, 6.07) is 6.71. The molecule has 0 unspecified atom stereocenters. The van der Waals surface area contributed by atoms with E-state index in [-0.39, 0.29) is 41.3 Å². The molecular weight excluding hydrogens is 544 g/mol. The molecule has 5 rings (SSSR count). The highest BCUT2D eigenvalue weighted by Gasteiger charge is 2.62. The number of hydrogen-bond acceptors (Lipinski definition) is 6. The van der Waals surface area contributed by atoms with E-state index in [9.17, 15) is 24.6 Å². The lowest BCUT2D eigenvalue weighted by molar-refractivity contribution is -0.174. The van der Waals surface area contributed by atoms with Crippen molar-refractivity contribution in [2.45, 2.75) is 110 Å². The Balaban J connectivity index is 1.08. The number of nitrogens with one attached hydrogen (secondary N) is 2. The second kappa shape index (κ2) is 13.0. The fraction of sp³-hybridized carbons (Fsp3) is 0.743. The third-order valence-electron chi connectivity index (χ3n) is 12.7. The summed E-state index contributed by atoms with van der Waals surface area (Å²) in [5, 5.41) is 33.3. The van der Waals surface area contributed by atoms with Crippen LogP contribution in [0.2, 0.25) is 0 Å². The van der Waals surface area contributed by atoms with Gasteiger partial charge in [0.2, 0.25) is 5.91 Å². The lowest BCUT2D eigenvalue weighted by atomic mass is 9.43. The average Bonchev–Trinajstić information content (AvgIpc) is 3.35. The summed E-state index contributed by atoms with van der Waals surface area (Å²) < 4.78 is 0. The number of carbonyl (C=O) groups is 3. The summed E-state index contributed by atoms with van der Waals surface area (Å²) in [7, 11) is 0. The average molecular weight is 597 g/mol. The van der Waals surface area contributed by atoms with E-state index in [0.717, 1.165) is 56.9 Å². The van der Waals surface area contributed by atoms with E-state index < -0.39 is 5.91 Å². The Morgan fingerprint density at radius 3 is 2.35 bits per heavy atom. The van der Waals surface area contributed by atoms with Crippen LogP contribution in [0.3, 0.4) is 0 Å². The molecular formula is C35H52N2O6. The minimum atomic E-state index is -0.578. The molecule has 10 atom stereocenters. The summed E-state index contributed by atoms with van der Waals surface area (Å²) in [4.78, 5) is 36.5. The minimum absolute atomic E-state index is 0.0270. The lowest BCUT2D eigenvalue weighted by Crippen LogP contribution is -2.58. The van der Waals surface area contributed by atoms with E-state index >= 15 is 0 Å². The van der Waals surface area contributed by atoms with Crippen molar-refractivity contribution < 1.29 is 29.8 Å². The molecule has 1 aromatic rings. The molecule has 4 aliphatic carbocycles. The SMILES string of the molecule is C[C@H](CCC(=O)NCC(=O)CCc1ccc(C(=O)NO)cc1)[C@H]1CC[C@H]2[C@@H]3[C@@H](O)C[C@@H]4C[C@H](O)CC[C@]4(C)[C@H]3CC[C@]12C. The molecule has 5 N–H and O–H groups in total. The third kappa shape index (κ3) is 6.43. The largest absolute Gasteiger partial charge is 0.393 e. The van der Waals surface area contributed by atoms with E-state index in [4.69, 9.17) is 5.21 Å². The van der Waals surface area contributed by atoms with Crippen LogP contribution in [0.5, 0.6) is 0 Å². The van der Waals surface area contributed by atoms with E-state index in [0.29, 0.717) is 60.3 Å². The van der Waals surface area contributed by atoms with Crippen LogP contribution < -0.4 is 10.8 Å². The first-order valence-corrected chi connectivity index (χ1v) is 16.6. The zero-order valence-electron chi connectivity index (χ0n) is 26.2. The van der Waals surface area contributed by atoms with Crippen LogP contribution in [0.15, 0.2) is 24.3 Å². The third-order valence-corrected chi connectivity index (χ3v) is 12.7. The van der Waals surface area contributed by atoms with Gasteiger partial charge in [0.25, 0.3) is 5.91 Å². The number of aliphatic hydroxyl groups excluding tert-OH is 2. The Bertz CT molecular complexity index is 1170. The Labute approximate surface area is 256 Å². The summed E-state index contributed by atoms with van der Waals surface area (Å²) >= 11 is 0. The molecule has 2 amide bonds. The van der Waals surface area contributed by atoms with Crippen molar-refractivity contribution in [3.63, 3.8) is 0 Å². The quantitative estimate of drug-likeness (QED) is 0.194. The molecule has 0 bridgehead atoms. The maximum atomic E-state index is 12.7. The van der Waals surface area contributed by atoms with Gasteiger partial charge in [-0.15, -0.1) is 0 Å². The van der Waals surface area contributed by atoms with Crippen LogP contribution in [0, 0.1) is 46.3 Å². The van der Waals surface area contributed by atoms with Gasteiger partial charge >= 0.3 is 0 Å². The van der Waals surface area contributed by atoms with Crippen LogP contribution in [-0.4, -0.2) is 51.8 Å². The number of ketones is 1. The first-order valence-electron chi connectivity index (χ1n) is 16.6. The number of aliphatic hydroxyl groups is 2. The molecule has 0 aromatic heterocycles. The number of fused-ring (bicyclic) bond motifs is 5. The predicted octanol–water partition coefficient (Wildman–Crippen LogP) is 4.83. The molecule has 8 heteroatoms. The number of rotatable bonds is 10. The monoisotopic (exact) mass is 596 g/mol. The van der Waals surface area contributed by atoms with Crippen molar-refractivity contribution in [3.8, 4) is 0 Å². The van der Waals surface area contributed by atoms with Crippen LogP contribution in [-0.2, 0) is 16.0 Å². The van der Waals surface area contributed by atoms with Gasteiger partial charge in [0.15, 0.2) is 5.78 Å². The van der Waals surface area contributed by atoms with Crippen molar-refractivity contribution in [3.05, 3.63) is 35.4 Å². The van der Waals surface area contributed by atoms with E-state index in [2.05, 4.69) is 26.1 Å². The molecule has 238 valence electrons. The highest BCUT2D eigenvalue weighted by molar-refractivity contribution is 5.93. The van der Waals surface area contributed by atoms with Crippen LogP contribution in [0.1, 0.15) is 107 Å². The van der Waals surface area contributed by atoms with Gasteiger partial charge in [-0.1, -0.05) is 32.9 Å². The Morgan fingerprint density at radius 2 is 1.63 bits per heavy atom. The van der Waals surface area contributed by atoms with Gasteiger partial charge in [-0.25, -0.2) is 5.48 Å². The molecule has 4 fully saturated rings. The molecule has 4 aliphatic rings. The molecule has 43 heavy (non-hydrogen) atoms. The number of amides is 2. The second-order valence-corrected chi connectivity index (χ2v) is 14.9. The normalized spacial score (nSPS) is 37.4. The number of hydrogen-bond donors (Lipinski definition) is 5. The fourth-order valence-corrected chi connectivity index (χ4v) is 10.3. The fourth-order valence-electron chi connectivity index (χ4n) is 10.3. The van der Waals surface area contributed by atoms with Crippen molar-refractivity contribution in [2.75, 3.05) is 6.54 Å². The second-order valence-electron chi connectivity index (χ2n) is 14.9. The van der Waals surface area contributed by atoms with Crippen molar-refractivity contribution in [2.24, 2.45) is 46.3 Å². The molecule has 0 heterocycles. The Morgan fingerprint density at radius 1 is 0.930 bits per heavy atom. The molecule has 1 aromatic carbocycles. The van der Waals surface area contributed by atoms with Gasteiger partial charge in [0.1, 0.15) is 0 Å². The first kappa shape index (κ1) is 32.1. The smallest absolute Gasteiger partial charge is 0.274 e. The van der Waals surface area contributed by atoms with Gasteiger partial charge in [-0.3, -0.25) is 19.6 Å². The molecule has 0 saturated heterocycles. The summed E-state index contributed by atoms with van der Waals surface area (Å²) in [5.41, 5.74) is 3.26. The van der Waals surface area contributed by atoms with Gasteiger partial charge in [0.05, 0.1) is 18.8 Å². The minimum Gasteiger partial charge on any atom is -0.393 e. The van der Waals surface area contributed by atoms with Crippen LogP contribution in [0.25, 0.3) is 0 Å². The first-order chi connectivity index (χ1) is 20.5. The summed E-state index contributed by atoms with van der Waals surface area (Å²) in [5.74, 6) is 2.08. The maximum absolute atomic E-state index is 12.7. The van der Waals surface area contributed by atoms with Crippen LogP contribution in [0.4, 0.5) is 0 Å². The Kier molecular flexibility index (Phi) is 9.69. The predicted molar refractivity (Wildman–Crippen MR) is 163 cm³/mol. The van der Waals surface area contributed by atoms with Gasteiger partial charge in [-0.2, -0.15) is 0 Å². The van der Waals surface area contributed by atoms with E-state index in [1.807, 2.05) is 0 Å². The van der Waals surface area contributed by atoms with E-state index in [1.54, 1.807) is 29.7 Å². The topological polar surface area (TPSA) is 136 Å². The summed E-state index contributed by atoms with van der Waals surface area (Å²) in [6.07, 6.45) is 9.84.